The summed E-state index contributed by atoms with van der Waals surface area (Å²) in [5, 5.41) is 6.59. The highest BCUT2D eigenvalue weighted by Crippen LogP contribution is 2.27. The highest BCUT2D eigenvalue weighted by molar-refractivity contribution is 6.31. The van der Waals surface area contributed by atoms with Gasteiger partial charge in [-0.25, -0.2) is 4.79 Å². The number of nitrogens with zero attached hydrogens (tertiary/aromatic N) is 1. The second-order valence-electron chi connectivity index (χ2n) is 7.44. The zero-order chi connectivity index (χ0) is 21.3. The number of benzene rings is 2. The molecule has 0 aliphatic carbocycles. The van der Waals surface area contributed by atoms with Gasteiger partial charge in [0.25, 0.3) is 0 Å². The summed E-state index contributed by atoms with van der Waals surface area (Å²) in [4.78, 5) is 26.9. The molecule has 0 aromatic heterocycles. The maximum absolute atomic E-state index is 12.4. The van der Waals surface area contributed by atoms with E-state index in [1.165, 1.54) is 20.0 Å². The monoisotopic (exact) mass is 429 g/mol. The summed E-state index contributed by atoms with van der Waals surface area (Å²) in [6, 6.07) is 13.7. The maximum atomic E-state index is 12.4. The molecule has 1 unspecified atom stereocenters. The Balaban J connectivity index is 1.61. The van der Waals surface area contributed by atoms with Crippen molar-refractivity contribution in [2.24, 2.45) is 0 Å². The molecule has 0 spiro atoms. The predicted molar refractivity (Wildman–Crippen MR) is 120 cm³/mol. The van der Waals surface area contributed by atoms with Gasteiger partial charge in [0.05, 0.1) is 13.7 Å². The van der Waals surface area contributed by atoms with E-state index >= 15 is 0 Å². The lowest BCUT2D eigenvalue weighted by Gasteiger charge is -2.20. The zero-order valence-electron chi connectivity index (χ0n) is 17.2. The number of hydrogen-bond acceptors (Lipinski definition) is 5. The SMILES string of the molecule is COC(=O)C(Nc1ccc(NC(=O)CN2CCCCCC2)cc1)c1ccccc1Cl. The van der Waals surface area contributed by atoms with Crippen LogP contribution in [0.1, 0.15) is 37.3 Å². The third kappa shape index (κ3) is 6.21. The number of carbonyl (C=O) groups excluding carboxylic acids is 2. The third-order valence-corrected chi connectivity index (χ3v) is 5.54. The minimum Gasteiger partial charge on any atom is -0.467 e. The Bertz CT molecular complexity index is 849. The summed E-state index contributed by atoms with van der Waals surface area (Å²) in [5.74, 6) is -0.445. The molecule has 1 aliphatic heterocycles. The van der Waals surface area contributed by atoms with Gasteiger partial charge in [0.15, 0.2) is 6.04 Å². The molecule has 1 fully saturated rings. The molecule has 2 aromatic rings. The first kappa shape index (κ1) is 22.1. The van der Waals surface area contributed by atoms with Crippen molar-refractivity contribution in [1.29, 1.82) is 0 Å². The molecule has 160 valence electrons. The van der Waals surface area contributed by atoms with E-state index in [0.29, 0.717) is 22.8 Å². The smallest absolute Gasteiger partial charge is 0.333 e. The van der Waals surface area contributed by atoms with E-state index in [0.717, 1.165) is 31.6 Å². The highest BCUT2D eigenvalue weighted by Gasteiger charge is 2.23. The molecule has 1 atom stereocenters. The summed E-state index contributed by atoms with van der Waals surface area (Å²) in [7, 11) is 1.34. The minimum absolute atomic E-state index is 0.0129. The number of likely N-dealkylation sites (tertiary alicyclic amines) is 1. The largest absolute Gasteiger partial charge is 0.467 e. The van der Waals surface area contributed by atoms with Crippen LogP contribution in [-0.2, 0) is 14.3 Å². The maximum Gasteiger partial charge on any atom is 0.333 e. The number of hydrogen-bond donors (Lipinski definition) is 2. The van der Waals surface area contributed by atoms with E-state index in [1.54, 1.807) is 12.1 Å². The topological polar surface area (TPSA) is 70.7 Å². The van der Waals surface area contributed by atoms with Crippen molar-refractivity contribution < 1.29 is 14.3 Å². The van der Waals surface area contributed by atoms with Crippen molar-refractivity contribution in [3.63, 3.8) is 0 Å². The number of halogens is 1. The van der Waals surface area contributed by atoms with Gasteiger partial charge in [-0.1, -0.05) is 42.6 Å². The van der Waals surface area contributed by atoms with Gasteiger partial charge in [0, 0.05) is 22.0 Å². The summed E-state index contributed by atoms with van der Waals surface area (Å²) < 4.78 is 4.93. The van der Waals surface area contributed by atoms with Crippen LogP contribution in [-0.4, -0.2) is 43.5 Å². The van der Waals surface area contributed by atoms with E-state index in [2.05, 4.69) is 15.5 Å². The van der Waals surface area contributed by atoms with Crippen LogP contribution in [0.5, 0.6) is 0 Å². The standard InChI is InChI=1S/C23H28ClN3O3/c1-30-23(29)22(19-8-4-5-9-20(19)24)26-18-12-10-17(11-13-18)25-21(28)16-27-14-6-2-3-7-15-27/h4-5,8-13,22,26H,2-3,6-7,14-16H2,1H3,(H,25,28). The molecule has 0 saturated carbocycles. The average Bonchev–Trinajstić information content (AvgIpc) is 3.02. The van der Waals surface area contributed by atoms with Crippen LogP contribution in [0.4, 0.5) is 11.4 Å². The third-order valence-electron chi connectivity index (χ3n) is 5.20. The lowest BCUT2D eigenvalue weighted by molar-refractivity contribution is -0.141. The summed E-state index contributed by atoms with van der Waals surface area (Å²) in [6.07, 6.45) is 4.79. The molecule has 1 amide bonds. The van der Waals surface area contributed by atoms with Crippen LogP contribution in [0.15, 0.2) is 48.5 Å². The first-order valence-corrected chi connectivity index (χ1v) is 10.7. The van der Waals surface area contributed by atoms with Gasteiger partial charge >= 0.3 is 5.97 Å². The second kappa shape index (κ2) is 11.0. The molecule has 1 aliphatic rings. The quantitative estimate of drug-likeness (QED) is 0.635. The average molecular weight is 430 g/mol. The molecule has 3 rings (SSSR count). The molecule has 0 bridgehead atoms. The molecule has 2 N–H and O–H groups in total. The van der Waals surface area contributed by atoms with Crippen molar-refractivity contribution in [2.75, 3.05) is 37.4 Å². The van der Waals surface area contributed by atoms with Crippen LogP contribution >= 0.6 is 11.6 Å². The number of anilines is 2. The van der Waals surface area contributed by atoms with E-state index in [9.17, 15) is 9.59 Å². The first-order valence-electron chi connectivity index (χ1n) is 10.3. The van der Waals surface area contributed by atoms with E-state index < -0.39 is 12.0 Å². The summed E-state index contributed by atoms with van der Waals surface area (Å²) in [5.41, 5.74) is 2.07. The molecular formula is C23H28ClN3O3. The van der Waals surface area contributed by atoms with Gasteiger partial charge in [-0.3, -0.25) is 9.69 Å². The zero-order valence-corrected chi connectivity index (χ0v) is 18.0. The molecule has 0 radical (unpaired) electrons. The number of ether oxygens (including phenoxy) is 1. The van der Waals surface area contributed by atoms with Crippen LogP contribution in [0.3, 0.4) is 0 Å². The van der Waals surface area contributed by atoms with Crippen molar-refractivity contribution in [1.82, 2.24) is 4.90 Å². The number of nitrogens with one attached hydrogen (secondary N) is 2. The first-order chi connectivity index (χ1) is 14.6. The Labute approximate surface area is 182 Å². The fourth-order valence-electron chi connectivity index (χ4n) is 3.61. The molecular weight excluding hydrogens is 402 g/mol. The number of amides is 1. The minimum atomic E-state index is -0.729. The Morgan fingerprint density at radius 1 is 1.00 bits per heavy atom. The number of rotatable bonds is 7. The Hall–Kier alpha value is -2.57. The predicted octanol–water partition coefficient (Wildman–Crippen LogP) is 4.48. The Morgan fingerprint density at radius 3 is 2.27 bits per heavy atom. The molecule has 30 heavy (non-hydrogen) atoms. The van der Waals surface area contributed by atoms with Crippen molar-refractivity contribution in [2.45, 2.75) is 31.7 Å². The van der Waals surface area contributed by atoms with Gasteiger partial charge in [0.1, 0.15) is 0 Å². The van der Waals surface area contributed by atoms with Crippen LogP contribution in [0.25, 0.3) is 0 Å². The normalized spacial score (nSPS) is 15.7. The fourth-order valence-corrected chi connectivity index (χ4v) is 3.85. The number of esters is 1. The van der Waals surface area contributed by atoms with Gasteiger partial charge in [0.2, 0.25) is 5.91 Å². The van der Waals surface area contributed by atoms with Crippen molar-refractivity contribution in [3.05, 3.63) is 59.1 Å². The Morgan fingerprint density at radius 2 is 1.63 bits per heavy atom. The highest BCUT2D eigenvalue weighted by atomic mass is 35.5. The number of methoxy groups -OCH3 is 1. The van der Waals surface area contributed by atoms with Gasteiger partial charge in [-0.15, -0.1) is 0 Å². The number of carbonyl (C=O) groups is 2. The second-order valence-corrected chi connectivity index (χ2v) is 7.85. The lowest BCUT2D eigenvalue weighted by atomic mass is 10.1. The summed E-state index contributed by atoms with van der Waals surface area (Å²) >= 11 is 6.26. The van der Waals surface area contributed by atoms with Gasteiger partial charge < -0.3 is 15.4 Å². The van der Waals surface area contributed by atoms with Crippen LogP contribution in [0.2, 0.25) is 5.02 Å². The van der Waals surface area contributed by atoms with E-state index in [4.69, 9.17) is 16.3 Å². The lowest BCUT2D eigenvalue weighted by Crippen LogP contribution is -2.33. The van der Waals surface area contributed by atoms with Crippen LogP contribution in [0, 0.1) is 0 Å². The van der Waals surface area contributed by atoms with Crippen molar-refractivity contribution in [3.8, 4) is 0 Å². The molecule has 7 heteroatoms. The van der Waals surface area contributed by atoms with Gasteiger partial charge in [-0.05, 0) is 56.3 Å². The van der Waals surface area contributed by atoms with E-state index in [1.807, 2.05) is 36.4 Å². The van der Waals surface area contributed by atoms with Gasteiger partial charge in [-0.2, -0.15) is 0 Å². The molecule has 6 nitrogen and oxygen atoms in total. The van der Waals surface area contributed by atoms with Crippen LogP contribution < -0.4 is 10.6 Å². The fraction of sp³-hybridized carbons (Fsp3) is 0.391. The summed E-state index contributed by atoms with van der Waals surface area (Å²) in [6.45, 7) is 2.37. The van der Waals surface area contributed by atoms with Crippen molar-refractivity contribution >= 4 is 34.9 Å². The van der Waals surface area contributed by atoms with E-state index in [-0.39, 0.29) is 5.91 Å². The molecule has 1 saturated heterocycles. The molecule has 1 heterocycles. The Kier molecular flexibility index (Phi) is 8.11. The molecule has 2 aromatic carbocycles.